The second kappa shape index (κ2) is 9.49. The molecule has 0 aromatic heterocycles. The smallest absolute Gasteiger partial charge is 0.345 e. The second-order valence-corrected chi connectivity index (χ2v) is 8.99. The first-order valence-corrected chi connectivity index (χ1v) is 11.8. The molecule has 0 atom stereocenters. The summed E-state index contributed by atoms with van der Waals surface area (Å²) in [6.07, 6.45) is 5.96. The lowest BCUT2D eigenvalue weighted by Gasteiger charge is -2.27. The van der Waals surface area contributed by atoms with Gasteiger partial charge in [0.1, 0.15) is 0 Å². The number of anilines is 2. The van der Waals surface area contributed by atoms with E-state index in [4.69, 9.17) is 10.8 Å². The number of hydrazone groups is 1. The molecule has 1 heterocycles. The van der Waals surface area contributed by atoms with E-state index in [1.807, 2.05) is 65.6 Å². The summed E-state index contributed by atoms with van der Waals surface area (Å²) in [5.41, 5.74) is 11.8. The topological polar surface area (TPSA) is 61.9 Å². The quantitative estimate of drug-likeness (QED) is 0.482. The predicted molar refractivity (Wildman–Crippen MR) is 134 cm³/mol. The Kier molecular flexibility index (Phi) is 6.11. The summed E-state index contributed by atoms with van der Waals surface area (Å²) in [5.74, 6) is 0.377. The molecular weight excluding hydrogens is 408 g/mol. The Morgan fingerprint density at radius 2 is 1.45 bits per heavy atom. The first-order chi connectivity index (χ1) is 16.2. The Balaban J connectivity index is 1.58. The van der Waals surface area contributed by atoms with Crippen molar-refractivity contribution >= 4 is 23.1 Å². The third-order valence-electron chi connectivity index (χ3n) is 6.64. The highest BCUT2D eigenvalue weighted by Crippen LogP contribution is 2.35. The molecule has 0 saturated heterocycles. The number of carbonyl (C=O) groups excluding carboxylic acids is 1. The third kappa shape index (κ3) is 4.63. The maximum atomic E-state index is 13.9. The van der Waals surface area contributed by atoms with Crippen LogP contribution < -0.4 is 10.6 Å². The van der Waals surface area contributed by atoms with Crippen molar-refractivity contribution < 1.29 is 4.79 Å². The van der Waals surface area contributed by atoms with Gasteiger partial charge in [-0.25, -0.2) is 9.80 Å². The fraction of sp³-hybridized carbons (Fsp3) is 0.286. The van der Waals surface area contributed by atoms with Gasteiger partial charge in [-0.2, -0.15) is 5.10 Å². The highest BCUT2D eigenvalue weighted by atomic mass is 16.2. The van der Waals surface area contributed by atoms with E-state index in [9.17, 15) is 4.79 Å². The largest absolute Gasteiger partial charge is 0.399 e. The molecule has 1 aliphatic carbocycles. The van der Waals surface area contributed by atoms with Crippen molar-refractivity contribution in [2.45, 2.75) is 45.2 Å². The van der Waals surface area contributed by atoms with E-state index >= 15 is 0 Å². The molecule has 2 amide bonds. The number of nitrogens with zero attached hydrogens (tertiary/aromatic N) is 3. The van der Waals surface area contributed by atoms with Gasteiger partial charge in [-0.05, 0) is 42.2 Å². The number of hydrogen-bond donors (Lipinski definition) is 1. The third-order valence-corrected chi connectivity index (χ3v) is 6.64. The maximum Gasteiger partial charge on any atom is 0.345 e. The molecule has 3 aromatic rings. The summed E-state index contributed by atoms with van der Waals surface area (Å²) in [5, 5.41) is 6.72. The van der Waals surface area contributed by atoms with Crippen LogP contribution >= 0.6 is 0 Å². The summed E-state index contributed by atoms with van der Waals surface area (Å²) in [6.45, 7) is 0.914. The molecule has 1 saturated carbocycles. The van der Waals surface area contributed by atoms with Gasteiger partial charge in [0, 0.05) is 17.2 Å². The summed E-state index contributed by atoms with van der Waals surface area (Å²) >= 11 is 0. The van der Waals surface area contributed by atoms with Crippen LogP contribution in [0.1, 0.15) is 48.8 Å². The average Bonchev–Trinajstić information content (AvgIpc) is 2.97. The molecule has 1 fully saturated rings. The number of para-hydroxylation sites is 1. The van der Waals surface area contributed by atoms with Gasteiger partial charge in [0.25, 0.3) is 0 Å². The van der Waals surface area contributed by atoms with Crippen LogP contribution in [0.25, 0.3) is 0 Å². The first kappa shape index (κ1) is 21.3. The minimum Gasteiger partial charge on any atom is -0.399 e. The fourth-order valence-corrected chi connectivity index (χ4v) is 4.89. The monoisotopic (exact) mass is 438 g/mol. The summed E-state index contributed by atoms with van der Waals surface area (Å²) in [4.78, 5) is 15.8. The Morgan fingerprint density at radius 1 is 0.788 bits per heavy atom. The van der Waals surface area contributed by atoms with Gasteiger partial charge in [0.2, 0.25) is 0 Å². The normalized spacial score (nSPS) is 16.8. The highest BCUT2D eigenvalue weighted by Gasteiger charge is 2.33. The van der Waals surface area contributed by atoms with Crippen LogP contribution in [0.15, 0.2) is 84.0 Å². The molecule has 5 rings (SSSR count). The predicted octanol–water partition coefficient (Wildman–Crippen LogP) is 6.20. The second-order valence-electron chi connectivity index (χ2n) is 8.99. The van der Waals surface area contributed by atoms with Gasteiger partial charge < -0.3 is 5.73 Å². The van der Waals surface area contributed by atoms with Gasteiger partial charge >= 0.3 is 6.03 Å². The van der Waals surface area contributed by atoms with Gasteiger partial charge in [0.05, 0.1) is 24.5 Å². The van der Waals surface area contributed by atoms with E-state index in [1.165, 1.54) is 19.3 Å². The van der Waals surface area contributed by atoms with E-state index < -0.39 is 0 Å². The number of hydrogen-bond acceptors (Lipinski definition) is 3. The molecule has 0 bridgehead atoms. The van der Waals surface area contributed by atoms with Crippen molar-refractivity contribution in [1.82, 2.24) is 5.01 Å². The number of carbonyl (C=O) groups is 1. The Labute approximate surface area is 195 Å². The van der Waals surface area contributed by atoms with Crippen LogP contribution in [0, 0.1) is 5.92 Å². The summed E-state index contributed by atoms with van der Waals surface area (Å²) in [7, 11) is 0. The molecule has 0 radical (unpaired) electrons. The Bertz CT molecular complexity index is 1130. The fourth-order valence-electron chi connectivity index (χ4n) is 4.89. The molecule has 1 aliphatic heterocycles. The van der Waals surface area contributed by atoms with E-state index in [0.29, 0.717) is 19.0 Å². The number of urea groups is 1. The van der Waals surface area contributed by atoms with Crippen molar-refractivity contribution in [3.8, 4) is 0 Å². The lowest BCUT2D eigenvalue weighted by Crippen LogP contribution is -2.39. The van der Waals surface area contributed by atoms with Gasteiger partial charge in [-0.3, -0.25) is 4.90 Å². The zero-order valence-corrected chi connectivity index (χ0v) is 18.9. The van der Waals surface area contributed by atoms with Crippen LogP contribution in [0.5, 0.6) is 0 Å². The van der Waals surface area contributed by atoms with Crippen molar-refractivity contribution in [3.05, 3.63) is 95.6 Å². The SMILES string of the molecule is Nc1ccc(CN2C(=O)N(Cc3ccccc3)N=C(C3CCCCC3)c3ccccc32)cc1. The number of rotatable bonds is 5. The van der Waals surface area contributed by atoms with Crippen molar-refractivity contribution in [3.63, 3.8) is 0 Å². The maximum absolute atomic E-state index is 13.9. The van der Waals surface area contributed by atoms with Crippen LogP contribution in [0.2, 0.25) is 0 Å². The van der Waals surface area contributed by atoms with Gasteiger partial charge in [0.15, 0.2) is 0 Å². The molecule has 3 aromatic carbocycles. The van der Waals surface area contributed by atoms with Crippen LogP contribution in [-0.4, -0.2) is 16.8 Å². The van der Waals surface area contributed by atoms with Crippen LogP contribution in [0.3, 0.4) is 0 Å². The molecule has 5 heteroatoms. The van der Waals surface area contributed by atoms with Gasteiger partial charge in [-0.1, -0.05) is 79.9 Å². The van der Waals surface area contributed by atoms with Crippen molar-refractivity contribution in [1.29, 1.82) is 0 Å². The number of nitrogen functional groups attached to an aromatic ring is 1. The summed E-state index contributed by atoms with van der Waals surface area (Å²) in [6, 6.07) is 26.0. The first-order valence-electron chi connectivity index (χ1n) is 11.8. The zero-order chi connectivity index (χ0) is 22.6. The lowest BCUT2D eigenvalue weighted by molar-refractivity contribution is 0.204. The van der Waals surface area contributed by atoms with Crippen LogP contribution in [-0.2, 0) is 13.1 Å². The van der Waals surface area contributed by atoms with Crippen molar-refractivity contribution in [2.75, 3.05) is 10.6 Å². The molecule has 2 N–H and O–H groups in total. The van der Waals surface area contributed by atoms with E-state index in [1.54, 1.807) is 5.01 Å². The minimum absolute atomic E-state index is 0.103. The number of benzene rings is 3. The highest BCUT2D eigenvalue weighted by molar-refractivity contribution is 6.11. The standard InChI is InChI=1S/C28H30N4O/c29-24-17-15-22(16-18-24)19-31-26-14-8-7-13-25(26)27(23-11-5-2-6-12-23)30-32(28(31)33)20-21-9-3-1-4-10-21/h1,3-4,7-10,13-18,23H,2,5-6,11-12,19-20,29H2. The van der Waals surface area contributed by atoms with Crippen molar-refractivity contribution in [2.24, 2.45) is 11.0 Å². The zero-order valence-electron chi connectivity index (χ0n) is 18.9. The average molecular weight is 439 g/mol. The molecular formula is C28H30N4O. The number of nitrogens with two attached hydrogens (primary N) is 1. The Morgan fingerprint density at radius 3 is 2.21 bits per heavy atom. The van der Waals surface area contributed by atoms with Crippen LogP contribution in [0.4, 0.5) is 16.2 Å². The molecule has 0 unspecified atom stereocenters. The molecule has 0 spiro atoms. The molecule has 5 nitrogen and oxygen atoms in total. The number of amides is 2. The van der Waals surface area contributed by atoms with E-state index in [-0.39, 0.29) is 6.03 Å². The molecule has 2 aliphatic rings. The van der Waals surface area contributed by atoms with E-state index in [0.717, 1.165) is 46.6 Å². The minimum atomic E-state index is -0.103. The van der Waals surface area contributed by atoms with Gasteiger partial charge in [-0.15, -0.1) is 0 Å². The van der Waals surface area contributed by atoms with E-state index in [2.05, 4.69) is 18.2 Å². The number of fused-ring (bicyclic) bond motifs is 1. The molecule has 168 valence electrons. The lowest BCUT2D eigenvalue weighted by atomic mass is 9.83. The Hall–Kier alpha value is -3.60. The summed E-state index contributed by atoms with van der Waals surface area (Å²) < 4.78 is 0. The molecule has 33 heavy (non-hydrogen) atoms.